The minimum Gasteiger partial charge on any atom is -0.870 e. The summed E-state index contributed by atoms with van der Waals surface area (Å²) in [5.74, 6) is -1.84. The average Bonchev–Trinajstić information content (AvgIpc) is 1.57. The minimum absolute atomic E-state index is 0. The second-order valence-electron chi connectivity index (χ2n) is 19.6. The summed E-state index contributed by atoms with van der Waals surface area (Å²) in [6.07, 6.45) is 12.5. The monoisotopic (exact) mass is 1300 g/mol. The van der Waals surface area contributed by atoms with Gasteiger partial charge in [0.05, 0.1) is 40.7 Å². The largest absolute Gasteiger partial charge is 1.00 e. The van der Waals surface area contributed by atoms with Crippen LogP contribution >= 0.6 is 15.9 Å². The Morgan fingerprint density at radius 3 is 1.40 bits per heavy atom. The van der Waals surface area contributed by atoms with Crippen LogP contribution in [0.15, 0.2) is 199 Å². The smallest absolute Gasteiger partial charge is 0.870 e. The van der Waals surface area contributed by atoms with Gasteiger partial charge in [0.2, 0.25) is 0 Å². The maximum absolute atomic E-state index is 13.2. The molecule has 1 aliphatic carbocycles. The van der Waals surface area contributed by atoms with E-state index in [0.29, 0.717) is 43.8 Å². The van der Waals surface area contributed by atoms with Crippen LogP contribution in [0.25, 0.3) is 50.1 Å². The molecule has 5 heterocycles. The van der Waals surface area contributed by atoms with Crippen LogP contribution < -0.4 is 51.7 Å². The summed E-state index contributed by atoms with van der Waals surface area (Å²) in [7, 11) is -1.79. The fourth-order valence-electron chi connectivity index (χ4n) is 9.22. The quantitative estimate of drug-likeness (QED) is 0.127. The molecule has 4 N–H and O–H groups in total. The number of aromatic carboxylic acids is 1. The topological polar surface area (TPSA) is 304 Å². The molecule has 0 radical (unpaired) electrons. The SMILES string of the molecule is COC(=O)c1ccc(-c2cn(C)c(=O)c3c2ccn3S(=O)(=O)c2ccc(C)cc2)cc1.COC(=O)c1ccc(B(O)O)cc1.Cc1ccc(S(=O)(=O)n2ccc3c(Br)cn(C)c(=O)c32)cc1.Cn1cc(-c2ccc(C(=O)O)cc2)c2c(c1=O)CC=C2.[Na+].[OH-]. The third-order valence-corrected chi connectivity index (χ3v) is 17.9. The first kappa shape index (κ1) is 68.6. The first-order valence-electron chi connectivity index (χ1n) is 26.0. The number of carbonyl (C=O) groups is 3. The molecule has 0 spiro atoms. The van der Waals surface area contributed by atoms with Gasteiger partial charge >= 0.3 is 54.6 Å². The van der Waals surface area contributed by atoms with E-state index in [9.17, 15) is 45.6 Å². The summed E-state index contributed by atoms with van der Waals surface area (Å²) in [4.78, 5) is 71.1. The van der Waals surface area contributed by atoms with E-state index in [-0.39, 0.29) is 72.5 Å². The van der Waals surface area contributed by atoms with E-state index in [1.807, 2.05) is 26.0 Å². The molecule has 26 heteroatoms. The molecule has 0 amide bonds. The van der Waals surface area contributed by atoms with Gasteiger partial charge in [0.25, 0.3) is 36.7 Å². The Labute approximate surface area is 535 Å². The Bertz CT molecular complexity index is 4720. The van der Waals surface area contributed by atoms with Gasteiger partial charge in [-0.1, -0.05) is 83.9 Å². The molecule has 21 nitrogen and oxygen atoms in total. The number of carboxylic acids is 1. The van der Waals surface area contributed by atoms with Crippen LogP contribution in [0, 0.1) is 13.8 Å². The standard InChI is InChI=1S/C23H20N2O5S.C16H13NO3.C15H13BrN2O3S.C8H9BO4.Na.H2O/c1-15-4-10-18(11-5-15)31(28,29)25-13-12-19-20(14-24(2)22(26)21(19)25)16-6-8-17(9-7-16)23(27)30-3;1-17-9-14(12-3-2-4-13(12)15(17)18)10-5-7-11(8-6-10)16(19)20;1-10-3-5-11(6-4-10)22(20,21)18-8-7-12-13(16)9-17(2)15(19)14(12)18;1-13-8(10)6-2-4-7(5-3-6)9(11)12;;/h4-14H,1-3H3;2-3,5-9H,4H2,1H3,(H,19,20);3-9H,1-2H3;2-5,11-12H,1H3;;1H2/q;;;;+1;/p-1. The molecule has 5 aromatic carbocycles. The summed E-state index contributed by atoms with van der Waals surface area (Å²) in [6, 6.07) is 35.5. The zero-order valence-corrected chi connectivity index (χ0v) is 53.9. The van der Waals surface area contributed by atoms with E-state index >= 15 is 0 Å². The Morgan fingerprint density at radius 2 is 0.943 bits per heavy atom. The van der Waals surface area contributed by atoms with Crippen molar-refractivity contribution in [3.8, 4) is 22.3 Å². The summed E-state index contributed by atoms with van der Waals surface area (Å²) in [6.45, 7) is 3.75. The van der Waals surface area contributed by atoms with Crippen LogP contribution in [0.5, 0.6) is 0 Å². The number of hydrogen-bond acceptors (Lipinski definition) is 15. The van der Waals surface area contributed by atoms with Gasteiger partial charge in [0, 0.05) is 84.1 Å². The first-order valence-corrected chi connectivity index (χ1v) is 29.6. The van der Waals surface area contributed by atoms with Gasteiger partial charge in [-0.3, -0.25) is 14.4 Å². The Morgan fingerprint density at radius 1 is 0.545 bits per heavy atom. The molecule has 0 bridgehead atoms. The predicted octanol–water partition coefficient (Wildman–Crippen LogP) is 4.29. The fraction of sp³-hybridized carbons (Fsp3) is 0.129. The van der Waals surface area contributed by atoms with Crippen molar-refractivity contribution in [3.05, 3.63) is 245 Å². The molecule has 0 unspecified atom stereocenters. The predicted molar refractivity (Wildman–Crippen MR) is 333 cm³/mol. The van der Waals surface area contributed by atoms with Gasteiger partial charge in [-0.05, 0) is 131 Å². The van der Waals surface area contributed by atoms with Crippen LogP contribution in [0.3, 0.4) is 0 Å². The number of allylic oxidation sites excluding steroid dienone is 1. The number of halogens is 1. The number of pyridine rings is 3. The molecule has 0 saturated carbocycles. The van der Waals surface area contributed by atoms with E-state index in [0.717, 1.165) is 46.9 Å². The molecule has 0 aliphatic heterocycles. The van der Waals surface area contributed by atoms with Crippen molar-refractivity contribution in [2.75, 3.05) is 14.2 Å². The normalized spacial score (nSPS) is 11.3. The number of ether oxygens (including phenoxy) is 2. The Kier molecular flexibility index (Phi) is 22.3. The van der Waals surface area contributed by atoms with E-state index in [1.54, 1.807) is 141 Å². The van der Waals surface area contributed by atoms with Gasteiger partial charge in [0.1, 0.15) is 11.0 Å². The number of rotatable bonds is 10. The molecule has 5 aromatic heterocycles. The summed E-state index contributed by atoms with van der Waals surface area (Å²) in [5.41, 5.74) is 7.72. The zero-order valence-electron chi connectivity index (χ0n) is 48.6. The van der Waals surface area contributed by atoms with Crippen LogP contribution in [-0.4, -0.2) is 98.4 Å². The van der Waals surface area contributed by atoms with Crippen molar-refractivity contribution in [3.63, 3.8) is 0 Å². The number of carbonyl (C=O) groups excluding carboxylic acids is 2. The molecular weight excluding hydrogens is 1250 g/mol. The number of nitrogens with zero attached hydrogens (tertiary/aromatic N) is 5. The van der Waals surface area contributed by atoms with Gasteiger partial charge in [-0.2, -0.15) is 0 Å². The van der Waals surface area contributed by atoms with E-state index in [4.69, 9.17) is 19.9 Å². The average molecular weight is 1300 g/mol. The molecule has 448 valence electrons. The zero-order chi connectivity index (χ0) is 62.5. The Balaban J connectivity index is 0.000000194. The van der Waals surface area contributed by atoms with Crippen molar-refractivity contribution >= 4 is 94.3 Å². The molecule has 1 aliphatic rings. The summed E-state index contributed by atoms with van der Waals surface area (Å²) in [5, 5.41) is 27.5. The molecule has 88 heavy (non-hydrogen) atoms. The van der Waals surface area contributed by atoms with Gasteiger partial charge in [0.15, 0.2) is 0 Å². The van der Waals surface area contributed by atoms with E-state index in [2.05, 4.69) is 20.7 Å². The van der Waals surface area contributed by atoms with Crippen molar-refractivity contribution in [2.45, 2.75) is 30.1 Å². The van der Waals surface area contributed by atoms with Crippen molar-refractivity contribution < 1.29 is 90.9 Å². The third-order valence-electron chi connectivity index (χ3n) is 13.9. The number of carboxylic acid groups (broad SMARTS) is 1. The molecule has 10 aromatic rings. The van der Waals surface area contributed by atoms with E-state index in [1.165, 1.54) is 72.1 Å². The maximum atomic E-state index is 13.2. The number of fused-ring (bicyclic) bond motifs is 3. The van der Waals surface area contributed by atoms with Crippen molar-refractivity contribution in [1.29, 1.82) is 0 Å². The third kappa shape index (κ3) is 14.4. The number of esters is 2. The van der Waals surface area contributed by atoms with Crippen molar-refractivity contribution in [1.82, 2.24) is 21.6 Å². The first-order chi connectivity index (χ1) is 40.8. The van der Waals surface area contributed by atoms with Crippen LogP contribution in [-0.2, 0) is 57.1 Å². The van der Waals surface area contributed by atoms with Gasteiger partial charge in [-0.15, -0.1) is 0 Å². The van der Waals surface area contributed by atoms with Crippen LogP contribution in [0.1, 0.15) is 53.3 Å². The molecule has 0 atom stereocenters. The fourth-order valence-corrected chi connectivity index (χ4v) is 12.5. The molecule has 0 saturated heterocycles. The number of benzene rings is 5. The van der Waals surface area contributed by atoms with Crippen LogP contribution in [0.2, 0.25) is 0 Å². The number of methoxy groups -OCH3 is 2. The van der Waals surface area contributed by atoms with Gasteiger partial charge in [-0.25, -0.2) is 39.2 Å². The molecule has 11 rings (SSSR count). The van der Waals surface area contributed by atoms with Crippen LogP contribution in [0.4, 0.5) is 0 Å². The van der Waals surface area contributed by atoms with Gasteiger partial charge < -0.3 is 43.8 Å². The van der Waals surface area contributed by atoms with E-state index < -0.39 is 50.6 Å². The summed E-state index contributed by atoms with van der Waals surface area (Å²) >= 11 is 3.36. The number of aryl methyl sites for hydroxylation is 5. The minimum atomic E-state index is -3.96. The van der Waals surface area contributed by atoms with Crippen molar-refractivity contribution in [2.24, 2.45) is 21.1 Å². The number of aromatic nitrogens is 5. The maximum Gasteiger partial charge on any atom is 1.00 e. The second kappa shape index (κ2) is 28.6. The molecular formula is C62H56BBrN5NaO16S2. The molecule has 0 fully saturated rings. The Hall–Kier alpha value is -8.50. The summed E-state index contributed by atoms with van der Waals surface area (Å²) < 4.78 is 68.3. The number of hydrogen-bond donors (Lipinski definition) is 3. The second-order valence-corrected chi connectivity index (χ2v) is 24.1.